The predicted molar refractivity (Wildman–Crippen MR) is 128 cm³/mol. The van der Waals surface area contributed by atoms with E-state index in [0.717, 1.165) is 26.5 Å². The minimum Gasteiger partial charge on any atom is -0.379 e. The number of hydrogen-bond acceptors (Lipinski definition) is 6. The fourth-order valence-electron chi connectivity index (χ4n) is 3.83. The lowest BCUT2D eigenvalue weighted by Crippen LogP contribution is -2.40. The number of pyridine rings is 1. The Morgan fingerprint density at radius 2 is 2.00 bits per heavy atom. The van der Waals surface area contributed by atoms with Gasteiger partial charge in [-0.05, 0) is 42.0 Å². The van der Waals surface area contributed by atoms with Gasteiger partial charge in [0.15, 0.2) is 0 Å². The van der Waals surface area contributed by atoms with Crippen molar-refractivity contribution in [3.63, 3.8) is 0 Å². The Bertz CT molecular complexity index is 1400. The molecule has 4 heterocycles. The van der Waals surface area contributed by atoms with Crippen LogP contribution in [0.3, 0.4) is 0 Å². The van der Waals surface area contributed by atoms with Crippen LogP contribution in [0.4, 0.5) is 5.00 Å². The number of morpholine rings is 1. The highest BCUT2D eigenvalue weighted by molar-refractivity contribution is 7.89. The first kappa shape index (κ1) is 21.8. The lowest BCUT2D eigenvalue weighted by atomic mass is 10.1. The van der Waals surface area contributed by atoms with Crippen molar-refractivity contribution in [3.05, 3.63) is 66.5 Å². The number of thiophene rings is 1. The van der Waals surface area contributed by atoms with E-state index in [0.29, 0.717) is 31.9 Å². The number of amides is 1. The van der Waals surface area contributed by atoms with Crippen LogP contribution in [0.5, 0.6) is 0 Å². The molecule has 1 fully saturated rings. The normalized spacial score (nSPS) is 15.0. The van der Waals surface area contributed by atoms with Gasteiger partial charge in [-0.1, -0.05) is 12.1 Å². The maximum atomic E-state index is 12.9. The van der Waals surface area contributed by atoms with Crippen LogP contribution < -0.4 is 5.32 Å². The van der Waals surface area contributed by atoms with E-state index in [1.165, 1.54) is 15.6 Å². The van der Waals surface area contributed by atoms with Crippen molar-refractivity contribution in [3.8, 4) is 10.4 Å². The fraction of sp³-hybridized carbons (Fsp3) is 0.217. The standard InChI is InChI=1S/C23H22N4O4S2/c28-21(14-16-3-1-4-17(13-16)33(29,30)27-9-11-31-12-10-27)26-22-7-6-20(32-22)19-15-25-23-18(19)5-2-8-24-23/h1-8,13,15H,9-12,14H2,(H,24,25)(H,26,28). The summed E-state index contributed by atoms with van der Waals surface area (Å²) in [4.78, 5) is 21.3. The average Bonchev–Trinajstić information content (AvgIpc) is 3.46. The Kier molecular flexibility index (Phi) is 5.98. The number of carbonyl (C=O) groups excluding carboxylic acids is 1. The fourth-order valence-corrected chi connectivity index (χ4v) is 6.26. The molecule has 0 atom stereocenters. The zero-order valence-electron chi connectivity index (χ0n) is 17.7. The topological polar surface area (TPSA) is 104 Å². The van der Waals surface area contributed by atoms with Crippen molar-refractivity contribution in [1.82, 2.24) is 14.3 Å². The number of anilines is 1. The molecule has 2 N–H and O–H groups in total. The van der Waals surface area contributed by atoms with Crippen molar-refractivity contribution in [1.29, 1.82) is 0 Å². The van der Waals surface area contributed by atoms with E-state index in [1.807, 2.05) is 30.5 Å². The Labute approximate surface area is 195 Å². The summed E-state index contributed by atoms with van der Waals surface area (Å²) in [5, 5.41) is 4.67. The van der Waals surface area contributed by atoms with Gasteiger partial charge in [0, 0.05) is 41.3 Å². The highest BCUT2D eigenvalue weighted by Gasteiger charge is 2.26. The van der Waals surface area contributed by atoms with Crippen molar-refractivity contribution >= 4 is 43.3 Å². The summed E-state index contributed by atoms with van der Waals surface area (Å²) in [6.07, 6.45) is 3.73. The lowest BCUT2D eigenvalue weighted by Gasteiger charge is -2.26. The lowest BCUT2D eigenvalue weighted by molar-refractivity contribution is -0.115. The van der Waals surface area contributed by atoms with Crippen molar-refractivity contribution in [2.45, 2.75) is 11.3 Å². The van der Waals surface area contributed by atoms with Gasteiger partial charge < -0.3 is 15.0 Å². The molecule has 0 saturated carbocycles. The Morgan fingerprint density at radius 1 is 1.15 bits per heavy atom. The van der Waals surface area contributed by atoms with Crippen LogP contribution in [-0.2, 0) is 26.0 Å². The summed E-state index contributed by atoms with van der Waals surface area (Å²) in [6, 6.07) is 14.3. The maximum absolute atomic E-state index is 12.9. The minimum absolute atomic E-state index is 0.0801. The molecule has 1 aliphatic rings. The van der Waals surface area contributed by atoms with Crippen LogP contribution in [0.15, 0.2) is 65.8 Å². The summed E-state index contributed by atoms with van der Waals surface area (Å²) < 4.78 is 32.4. The summed E-state index contributed by atoms with van der Waals surface area (Å²) in [6.45, 7) is 1.44. The molecule has 0 radical (unpaired) electrons. The summed E-state index contributed by atoms with van der Waals surface area (Å²) in [7, 11) is -3.60. The molecule has 4 aromatic rings. The monoisotopic (exact) mass is 482 g/mol. The Balaban J connectivity index is 1.28. The van der Waals surface area contributed by atoms with Crippen LogP contribution in [0, 0.1) is 0 Å². The van der Waals surface area contributed by atoms with Gasteiger partial charge in [-0.15, -0.1) is 11.3 Å². The van der Waals surface area contributed by atoms with Gasteiger partial charge in [-0.25, -0.2) is 13.4 Å². The summed E-state index contributed by atoms with van der Waals surface area (Å²) in [5.41, 5.74) is 2.49. The second kappa shape index (κ2) is 9.06. The number of hydrogen-bond donors (Lipinski definition) is 2. The second-order valence-corrected chi connectivity index (χ2v) is 10.7. The quantitative estimate of drug-likeness (QED) is 0.438. The molecule has 0 unspecified atom stereocenters. The molecule has 0 spiro atoms. The molecule has 8 nitrogen and oxygen atoms in total. The third-order valence-electron chi connectivity index (χ3n) is 5.46. The molecule has 0 bridgehead atoms. The first-order valence-corrected chi connectivity index (χ1v) is 12.8. The number of ether oxygens (including phenoxy) is 1. The van der Waals surface area contributed by atoms with Crippen LogP contribution in [-0.4, -0.2) is 54.9 Å². The number of nitrogens with one attached hydrogen (secondary N) is 2. The van der Waals surface area contributed by atoms with Gasteiger partial charge in [-0.3, -0.25) is 4.79 Å². The third-order valence-corrected chi connectivity index (χ3v) is 8.38. The zero-order chi connectivity index (χ0) is 22.8. The van der Waals surface area contributed by atoms with E-state index in [4.69, 9.17) is 4.74 Å². The number of carbonyl (C=O) groups is 1. The largest absolute Gasteiger partial charge is 0.379 e. The second-order valence-electron chi connectivity index (χ2n) is 7.65. The van der Waals surface area contributed by atoms with Crippen LogP contribution in [0.2, 0.25) is 0 Å². The van der Waals surface area contributed by atoms with Gasteiger partial charge in [0.25, 0.3) is 0 Å². The molecule has 170 valence electrons. The van der Waals surface area contributed by atoms with Gasteiger partial charge in [0.2, 0.25) is 15.9 Å². The number of sulfonamides is 1. The Morgan fingerprint density at radius 3 is 2.85 bits per heavy atom. The van der Waals surface area contributed by atoms with Gasteiger partial charge in [-0.2, -0.15) is 4.31 Å². The first-order valence-electron chi connectivity index (χ1n) is 10.5. The molecule has 1 saturated heterocycles. The SMILES string of the molecule is O=C(Cc1cccc(S(=O)(=O)N2CCOCC2)c1)Nc1ccc(-c2c[nH]c3ncccc23)s1. The van der Waals surface area contributed by atoms with E-state index in [2.05, 4.69) is 15.3 Å². The predicted octanol–water partition coefficient (Wildman–Crippen LogP) is 3.49. The van der Waals surface area contributed by atoms with E-state index in [1.54, 1.807) is 30.5 Å². The van der Waals surface area contributed by atoms with Crippen LogP contribution >= 0.6 is 11.3 Å². The van der Waals surface area contributed by atoms with Gasteiger partial charge in [0.1, 0.15) is 5.65 Å². The number of rotatable bonds is 6. The number of aromatic nitrogens is 2. The molecular formula is C23H22N4O4S2. The molecule has 33 heavy (non-hydrogen) atoms. The van der Waals surface area contributed by atoms with Gasteiger partial charge >= 0.3 is 0 Å². The van der Waals surface area contributed by atoms with E-state index >= 15 is 0 Å². The highest BCUT2D eigenvalue weighted by atomic mass is 32.2. The number of nitrogens with zero attached hydrogens (tertiary/aromatic N) is 2. The maximum Gasteiger partial charge on any atom is 0.243 e. The third kappa shape index (κ3) is 4.55. The molecule has 0 aliphatic carbocycles. The average molecular weight is 483 g/mol. The van der Waals surface area contributed by atoms with E-state index in [-0.39, 0.29) is 17.2 Å². The van der Waals surface area contributed by atoms with Crippen LogP contribution in [0.25, 0.3) is 21.5 Å². The van der Waals surface area contributed by atoms with E-state index < -0.39 is 10.0 Å². The number of fused-ring (bicyclic) bond motifs is 1. The molecule has 3 aromatic heterocycles. The van der Waals surface area contributed by atoms with Crippen LogP contribution in [0.1, 0.15) is 5.56 Å². The molecule has 10 heteroatoms. The van der Waals surface area contributed by atoms with Crippen molar-refractivity contribution < 1.29 is 17.9 Å². The molecule has 1 aromatic carbocycles. The zero-order valence-corrected chi connectivity index (χ0v) is 19.3. The summed E-state index contributed by atoms with van der Waals surface area (Å²) in [5.74, 6) is -0.204. The van der Waals surface area contributed by atoms with Crippen molar-refractivity contribution in [2.24, 2.45) is 0 Å². The minimum atomic E-state index is -3.60. The number of benzene rings is 1. The number of aromatic amines is 1. The van der Waals surface area contributed by atoms with Crippen molar-refractivity contribution in [2.75, 3.05) is 31.6 Å². The van der Waals surface area contributed by atoms with E-state index in [9.17, 15) is 13.2 Å². The molecule has 5 rings (SSSR count). The first-order chi connectivity index (χ1) is 16.0. The Hall–Kier alpha value is -3.05. The molecule has 1 aliphatic heterocycles. The summed E-state index contributed by atoms with van der Waals surface area (Å²) >= 11 is 1.48. The highest BCUT2D eigenvalue weighted by Crippen LogP contribution is 2.35. The van der Waals surface area contributed by atoms with Gasteiger partial charge in [0.05, 0.1) is 29.5 Å². The number of H-pyrrole nitrogens is 1. The smallest absolute Gasteiger partial charge is 0.243 e. The molecule has 1 amide bonds. The molecular weight excluding hydrogens is 460 g/mol.